The summed E-state index contributed by atoms with van der Waals surface area (Å²) in [6.45, 7) is 2.90. The molecule has 172 valence electrons. The third-order valence-corrected chi connectivity index (χ3v) is 6.67. The summed E-state index contributed by atoms with van der Waals surface area (Å²) in [5, 5.41) is 6.04. The molecule has 0 fully saturated rings. The Kier molecular flexibility index (Phi) is 6.41. The molecule has 2 aromatic carbocycles. The smallest absolute Gasteiger partial charge is 0.240 e. The molecule has 9 nitrogen and oxygen atoms in total. The number of carbonyl (C=O) groups is 1. The minimum atomic E-state index is -3.58. The average molecular weight is 467 g/mol. The summed E-state index contributed by atoms with van der Waals surface area (Å²) in [6, 6.07) is 12.2. The van der Waals surface area contributed by atoms with Crippen molar-refractivity contribution in [1.82, 2.24) is 19.6 Å². The number of nitrogens with zero attached hydrogens (tertiary/aromatic N) is 3. The van der Waals surface area contributed by atoms with Crippen LogP contribution in [0.5, 0.6) is 0 Å². The van der Waals surface area contributed by atoms with Gasteiger partial charge in [-0.15, -0.1) is 0 Å². The van der Waals surface area contributed by atoms with Crippen LogP contribution in [0.3, 0.4) is 0 Å². The highest BCUT2D eigenvalue weighted by Gasteiger charge is 2.21. The van der Waals surface area contributed by atoms with Crippen LogP contribution in [0.4, 0.5) is 17.3 Å². The normalized spacial score (nSPS) is 13.2. The Hall–Kier alpha value is -3.34. The van der Waals surface area contributed by atoms with Gasteiger partial charge in [-0.2, -0.15) is 0 Å². The molecule has 10 heteroatoms. The van der Waals surface area contributed by atoms with Crippen molar-refractivity contribution in [3.63, 3.8) is 0 Å². The highest BCUT2D eigenvalue weighted by atomic mass is 32.2. The van der Waals surface area contributed by atoms with Gasteiger partial charge in [0.1, 0.15) is 0 Å². The number of amides is 1. The molecule has 1 aliphatic heterocycles. The van der Waals surface area contributed by atoms with Crippen LogP contribution in [0, 0.1) is 6.92 Å². The Morgan fingerprint density at radius 2 is 1.88 bits per heavy atom. The van der Waals surface area contributed by atoms with Crippen LogP contribution in [-0.2, 0) is 21.2 Å². The van der Waals surface area contributed by atoms with Crippen LogP contribution in [0.15, 0.2) is 53.6 Å². The van der Waals surface area contributed by atoms with Crippen molar-refractivity contribution in [2.45, 2.75) is 18.2 Å². The number of hydrogen-bond donors (Lipinski definition) is 3. The van der Waals surface area contributed by atoms with E-state index >= 15 is 0 Å². The maximum Gasteiger partial charge on any atom is 0.240 e. The summed E-state index contributed by atoms with van der Waals surface area (Å²) in [4.78, 5) is 23.4. The minimum Gasteiger partial charge on any atom is -0.325 e. The van der Waals surface area contributed by atoms with E-state index in [0.717, 1.165) is 22.4 Å². The van der Waals surface area contributed by atoms with Gasteiger partial charge in [-0.3, -0.25) is 4.79 Å². The van der Waals surface area contributed by atoms with E-state index in [1.165, 1.54) is 12.1 Å². The lowest BCUT2D eigenvalue weighted by atomic mass is 10.0. The number of aryl methyl sites for hydroxylation is 1. The second kappa shape index (κ2) is 9.26. The number of carbonyl (C=O) groups excluding carboxylic acids is 1. The van der Waals surface area contributed by atoms with Gasteiger partial charge in [0, 0.05) is 36.1 Å². The van der Waals surface area contributed by atoms with E-state index in [0.29, 0.717) is 30.4 Å². The lowest BCUT2D eigenvalue weighted by molar-refractivity contribution is -0.115. The van der Waals surface area contributed by atoms with Gasteiger partial charge < -0.3 is 15.5 Å². The summed E-state index contributed by atoms with van der Waals surface area (Å²) in [5.41, 5.74) is 4.66. The van der Waals surface area contributed by atoms with E-state index in [1.54, 1.807) is 18.3 Å². The Balaban J connectivity index is 1.55. The molecule has 0 atom stereocenters. The fraction of sp³-hybridized carbons (Fsp3) is 0.261. The highest BCUT2D eigenvalue weighted by Crippen LogP contribution is 2.33. The van der Waals surface area contributed by atoms with Crippen molar-refractivity contribution in [3.8, 4) is 11.3 Å². The molecule has 4 rings (SSSR count). The molecule has 0 saturated carbocycles. The second-order valence-corrected chi connectivity index (χ2v) is 9.96. The average Bonchev–Trinajstić information content (AvgIpc) is 2.88. The van der Waals surface area contributed by atoms with Crippen molar-refractivity contribution in [3.05, 3.63) is 59.8 Å². The van der Waals surface area contributed by atoms with Crippen LogP contribution in [0.1, 0.15) is 11.1 Å². The molecule has 0 spiro atoms. The Labute approximate surface area is 193 Å². The van der Waals surface area contributed by atoms with Gasteiger partial charge in [-0.1, -0.05) is 12.1 Å². The molecule has 1 aromatic heterocycles. The Bertz CT molecular complexity index is 1290. The van der Waals surface area contributed by atoms with Gasteiger partial charge in [-0.05, 0) is 56.9 Å². The van der Waals surface area contributed by atoms with E-state index in [2.05, 4.69) is 25.3 Å². The largest absolute Gasteiger partial charge is 0.325 e. The van der Waals surface area contributed by atoms with Crippen molar-refractivity contribution >= 4 is 33.3 Å². The van der Waals surface area contributed by atoms with Crippen LogP contribution in [-0.4, -0.2) is 56.4 Å². The van der Waals surface area contributed by atoms with Crippen molar-refractivity contribution in [1.29, 1.82) is 0 Å². The molecular formula is C23H26N6O3S. The predicted molar refractivity (Wildman–Crippen MR) is 128 cm³/mol. The molecule has 0 aliphatic carbocycles. The van der Waals surface area contributed by atoms with Gasteiger partial charge in [-0.25, -0.2) is 23.1 Å². The first-order valence-electron chi connectivity index (χ1n) is 10.5. The van der Waals surface area contributed by atoms with E-state index < -0.39 is 10.0 Å². The molecule has 1 aliphatic rings. The third-order valence-electron chi connectivity index (χ3n) is 5.19. The zero-order chi connectivity index (χ0) is 23.6. The first-order chi connectivity index (χ1) is 15.7. The number of nitrogens with one attached hydrogen (secondary N) is 3. The molecule has 0 saturated heterocycles. The number of sulfonamides is 1. The monoisotopic (exact) mass is 466 g/mol. The highest BCUT2D eigenvalue weighted by molar-refractivity contribution is 7.89. The number of aromatic nitrogens is 2. The van der Waals surface area contributed by atoms with Gasteiger partial charge in [0.15, 0.2) is 0 Å². The molecular weight excluding hydrogens is 440 g/mol. The lowest BCUT2D eigenvalue weighted by Crippen LogP contribution is -2.31. The molecule has 3 aromatic rings. The third kappa shape index (κ3) is 5.36. The van der Waals surface area contributed by atoms with Crippen molar-refractivity contribution < 1.29 is 13.2 Å². The van der Waals surface area contributed by atoms with Crippen molar-refractivity contribution in [2.24, 2.45) is 0 Å². The van der Waals surface area contributed by atoms with Gasteiger partial charge >= 0.3 is 0 Å². The van der Waals surface area contributed by atoms with Crippen LogP contribution < -0.4 is 15.4 Å². The maximum absolute atomic E-state index is 12.4. The zero-order valence-corrected chi connectivity index (χ0v) is 19.5. The summed E-state index contributed by atoms with van der Waals surface area (Å²) in [7, 11) is 0.186. The number of fused-ring (bicyclic) bond motifs is 3. The molecule has 3 N–H and O–H groups in total. The fourth-order valence-electron chi connectivity index (χ4n) is 3.50. The Morgan fingerprint density at radius 1 is 1.12 bits per heavy atom. The zero-order valence-electron chi connectivity index (χ0n) is 18.7. The first-order valence-corrected chi connectivity index (χ1v) is 12.0. The van der Waals surface area contributed by atoms with Crippen molar-refractivity contribution in [2.75, 3.05) is 37.8 Å². The van der Waals surface area contributed by atoms with Crippen LogP contribution in [0.2, 0.25) is 0 Å². The topological polar surface area (TPSA) is 116 Å². The number of rotatable bonds is 7. The molecule has 0 radical (unpaired) electrons. The van der Waals surface area contributed by atoms with Crippen LogP contribution >= 0.6 is 0 Å². The quantitative estimate of drug-likeness (QED) is 0.490. The standard InChI is InChI=1S/C23H26N6O3S/c1-15-4-9-19-20(12-15)27-21(30)13-16-14-24-23(28-22(16)19)26-17-5-7-18(8-6-17)33(31,32)25-10-11-29(2)3/h4-9,12,14,25H,10-11,13H2,1-3H3,(H,27,30)(H,24,26,28). The molecule has 2 heterocycles. The summed E-state index contributed by atoms with van der Waals surface area (Å²) in [5.74, 6) is 0.246. The maximum atomic E-state index is 12.4. The summed E-state index contributed by atoms with van der Waals surface area (Å²) >= 11 is 0. The first kappa shape index (κ1) is 22.8. The van der Waals surface area contributed by atoms with E-state index in [-0.39, 0.29) is 17.2 Å². The molecule has 33 heavy (non-hydrogen) atoms. The molecule has 1 amide bonds. The second-order valence-electron chi connectivity index (χ2n) is 8.19. The predicted octanol–water partition coefficient (Wildman–Crippen LogP) is 2.53. The lowest BCUT2D eigenvalue weighted by Gasteiger charge is -2.12. The molecule has 0 bridgehead atoms. The SMILES string of the molecule is Cc1ccc2c(c1)NC(=O)Cc1cnc(Nc3ccc(S(=O)(=O)NCCN(C)C)cc3)nc1-2. The summed E-state index contributed by atoms with van der Waals surface area (Å²) in [6.07, 6.45) is 1.84. The van der Waals surface area contributed by atoms with E-state index in [4.69, 9.17) is 0 Å². The fourth-order valence-corrected chi connectivity index (χ4v) is 4.52. The number of anilines is 3. The summed E-state index contributed by atoms with van der Waals surface area (Å²) < 4.78 is 27.5. The number of likely N-dealkylation sites (N-methyl/N-ethyl adjacent to an activating group) is 1. The van der Waals surface area contributed by atoms with Crippen LogP contribution in [0.25, 0.3) is 11.3 Å². The van der Waals surface area contributed by atoms with Gasteiger partial charge in [0.2, 0.25) is 21.9 Å². The molecule has 0 unspecified atom stereocenters. The van der Waals surface area contributed by atoms with E-state index in [1.807, 2.05) is 44.1 Å². The van der Waals surface area contributed by atoms with E-state index in [9.17, 15) is 13.2 Å². The van der Waals surface area contributed by atoms with Gasteiger partial charge in [0.25, 0.3) is 0 Å². The van der Waals surface area contributed by atoms with Gasteiger partial charge in [0.05, 0.1) is 22.7 Å². The Morgan fingerprint density at radius 3 is 2.61 bits per heavy atom. The number of hydrogen-bond acceptors (Lipinski definition) is 7. The minimum absolute atomic E-state index is 0.110. The number of benzene rings is 2.